The molecule has 0 aromatic carbocycles. The second-order valence-electron chi connectivity index (χ2n) is 4.44. The van der Waals surface area contributed by atoms with E-state index >= 15 is 0 Å². The van der Waals surface area contributed by atoms with Gasteiger partial charge in [0.05, 0.1) is 13.2 Å². The van der Waals surface area contributed by atoms with Crippen LogP contribution in [0.4, 0.5) is 0 Å². The second-order valence-corrected chi connectivity index (χ2v) is 4.44. The molecular weight excluding hydrogens is 202 g/mol. The lowest BCUT2D eigenvalue weighted by Crippen LogP contribution is -2.54. The quantitative estimate of drug-likeness (QED) is 0.673. The van der Waals surface area contributed by atoms with Crippen molar-refractivity contribution in [3.8, 4) is 0 Å². The molecule has 1 aromatic heterocycles. The highest BCUT2D eigenvalue weighted by Gasteiger charge is 2.36. The van der Waals surface area contributed by atoms with Crippen LogP contribution in [0, 0.1) is 5.41 Å². The van der Waals surface area contributed by atoms with Crippen LogP contribution in [-0.4, -0.2) is 37.8 Å². The maximum Gasteiger partial charge on any atom is 0.0569 e. The average molecular weight is 221 g/mol. The fourth-order valence-electron chi connectivity index (χ4n) is 1.80. The van der Waals surface area contributed by atoms with Crippen molar-refractivity contribution in [1.29, 1.82) is 0 Å². The first-order valence-electron chi connectivity index (χ1n) is 5.73. The number of nitrogens with one attached hydrogen (secondary N) is 1. The minimum absolute atomic E-state index is 0.185. The third-order valence-corrected chi connectivity index (χ3v) is 3.03. The number of hydrogen-bond acceptors (Lipinski definition) is 4. The van der Waals surface area contributed by atoms with Gasteiger partial charge in [-0.1, -0.05) is 6.07 Å². The number of hydrogen-bond donors (Lipinski definition) is 2. The molecule has 16 heavy (non-hydrogen) atoms. The molecule has 2 rings (SSSR count). The van der Waals surface area contributed by atoms with E-state index in [1.807, 2.05) is 24.4 Å². The summed E-state index contributed by atoms with van der Waals surface area (Å²) in [4.78, 5) is 4.28. The van der Waals surface area contributed by atoms with Gasteiger partial charge in [0.2, 0.25) is 0 Å². The minimum Gasteiger partial charge on any atom is -0.380 e. The van der Waals surface area contributed by atoms with Crippen LogP contribution in [-0.2, 0) is 11.2 Å². The molecule has 1 aromatic rings. The zero-order valence-corrected chi connectivity index (χ0v) is 9.48. The second kappa shape index (κ2) is 5.39. The van der Waals surface area contributed by atoms with Gasteiger partial charge in [-0.15, -0.1) is 0 Å². The highest BCUT2D eigenvalue weighted by Crippen LogP contribution is 2.24. The fourth-order valence-corrected chi connectivity index (χ4v) is 1.80. The van der Waals surface area contributed by atoms with Crippen LogP contribution < -0.4 is 11.1 Å². The molecule has 0 unspecified atom stereocenters. The summed E-state index contributed by atoms with van der Waals surface area (Å²) in [6, 6.07) is 6.00. The summed E-state index contributed by atoms with van der Waals surface area (Å²) in [6.07, 6.45) is 2.79. The van der Waals surface area contributed by atoms with Crippen molar-refractivity contribution in [2.75, 3.05) is 32.8 Å². The molecule has 1 fully saturated rings. The zero-order chi connectivity index (χ0) is 11.3. The SMILES string of the molecule is NCC1(CNCCc2ccccn2)COC1. The number of pyridine rings is 1. The van der Waals surface area contributed by atoms with Gasteiger partial charge in [0, 0.05) is 43.4 Å². The van der Waals surface area contributed by atoms with Crippen LogP contribution in [0.15, 0.2) is 24.4 Å². The Morgan fingerprint density at radius 2 is 2.31 bits per heavy atom. The summed E-state index contributed by atoms with van der Waals surface area (Å²) < 4.78 is 5.21. The summed E-state index contributed by atoms with van der Waals surface area (Å²) in [5.74, 6) is 0. The average Bonchev–Trinajstić information content (AvgIpc) is 2.29. The summed E-state index contributed by atoms with van der Waals surface area (Å²) in [5.41, 5.74) is 7.04. The number of aromatic nitrogens is 1. The molecule has 0 spiro atoms. The van der Waals surface area contributed by atoms with Gasteiger partial charge in [-0.2, -0.15) is 0 Å². The Kier molecular flexibility index (Phi) is 3.88. The van der Waals surface area contributed by atoms with Crippen LogP contribution in [0.3, 0.4) is 0 Å². The third-order valence-electron chi connectivity index (χ3n) is 3.03. The van der Waals surface area contributed by atoms with Gasteiger partial charge >= 0.3 is 0 Å². The standard InChI is InChI=1S/C12H19N3O/c13-7-12(9-16-10-12)8-14-6-4-11-3-1-2-5-15-11/h1-3,5,14H,4,6-10,13H2. The van der Waals surface area contributed by atoms with Crippen LogP contribution in [0.1, 0.15) is 5.69 Å². The lowest BCUT2D eigenvalue weighted by Gasteiger charge is -2.40. The number of rotatable bonds is 6. The van der Waals surface area contributed by atoms with Crippen molar-refractivity contribution in [1.82, 2.24) is 10.3 Å². The Morgan fingerprint density at radius 3 is 2.88 bits per heavy atom. The molecule has 0 amide bonds. The van der Waals surface area contributed by atoms with Crippen LogP contribution in [0.5, 0.6) is 0 Å². The molecule has 0 saturated carbocycles. The van der Waals surface area contributed by atoms with E-state index in [4.69, 9.17) is 10.5 Å². The zero-order valence-electron chi connectivity index (χ0n) is 9.48. The summed E-state index contributed by atoms with van der Waals surface area (Å²) in [7, 11) is 0. The van der Waals surface area contributed by atoms with E-state index in [1.165, 1.54) is 0 Å². The van der Waals surface area contributed by atoms with Gasteiger partial charge in [-0.05, 0) is 12.1 Å². The summed E-state index contributed by atoms with van der Waals surface area (Å²) in [6.45, 7) is 4.17. The monoisotopic (exact) mass is 221 g/mol. The van der Waals surface area contributed by atoms with Crippen molar-refractivity contribution in [2.45, 2.75) is 6.42 Å². The Morgan fingerprint density at radius 1 is 1.44 bits per heavy atom. The number of nitrogens with zero attached hydrogens (tertiary/aromatic N) is 1. The number of ether oxygens (including phenoxy) is 1. The highest BCUT2D eigenvalue weighted by molar-refractivity contribution is 5.03. The van der Waals surface area contributed by atoms with Gasteiger partial charge in [0.15, 0.2) is 0 Å². The molecule has 0 aliphatic carbocycles. The first-order chi connectivity index (χ1) is 7.85. The van der Waals surface area contributed by atoms with Crippen LogP contribution in [0.2, 0.25) is 0 Å². The third kappa shape index (κ3) is 2.78. The highest BCUT2D eigenvalue weighted by atomic mass is 16.5. The fraction of sp³-hybridized carbons (Fsp3) is 0.583. The largest absolute Gasteiger partial charge is 0.380 e. The van der Waals surface area contributed by atoms with Crippen molar-refractivity contribution >= 4 is 0 Å². The molecule has 1 saturated heterocycles. The van der Waals surface area contributed by atoms with Crippen LogP contribution >= 0.6 is 0 Å². The Labute approximate surface area is 96.2 Å². The predicted octanol–water partition coefficient (Wildman–Crippen LogP) is 0.189. The molecule has 4 heteroatoms. The smallest absolute Gasteiger partial charge is 0.0569 e. The van der Waals surface area contributed by atoms with Crippen molar-refractivity contribution < 1.29 is 4.74 Å². The van der Waals surface area contributed by atoms with E-state index < -0.39 is 0 Å². The van der Waals surface area contributed by atoms with Gasteiger partial charge in [-0.25, -0.2) is 0 Å². The first kappa shape index (κ1) is 11.5. The van der Waals surface area contributed by atoms with E-state index in [0.29, 0.717) is 6.54 Å². The van der Waals surface area contributed by atoms with E-state index in [-0.39, 0.29) is 5.41 Å². The molecule has 4 nitrogen and oxygen atoms in total. The van der Waals surface area contributed by atoms with Gasteiger partial charge in [0.25, 0.3) is 0 Å². The van der Waals surface area contributed by atoms with Crippen molar-refractivity contribution in [3.63, 3.8) is 0 Å². The van der Waals surface area contributed by atoms with Crippen molar-refractivity contribution in [2.24, 2.45) is 11.1 Å². The predicted molar refractivity (Wildman–Crippen MR) is 63.1 cm³/mol. The summed E-state index contributed by atoms with van der Waals surface area (Å²) >= 11 is 0. The first-order valence-corrected chi connectivity index (χ1v) is 5.73. The Balaban J connectivity index is 1.65. The molecule has 0 radical (unpaired) electrons. The molecule has 3 N–H and O–H groups in total. The van der Waals surface area contributed by atoms with Gasteiger partial charge < -0.3 is 15.8 Å². The van der Waals surface area contributed by atoms with Gasteiger partial charge in [0.1, 0.15) is 0 Å². The minimum atomic E-state index is 0.185. The van der Waals surface area contributed by atoms with Gasteiger partial charge in [-0.3, -0.25) is 4.98 Å². The van der Waals surface area contributed by atoms with E-state index in [0.717, 1.165) is 38.4 Å². The molecular formula is C12H19N3O. The molecule has 1 aliphatic rings. The number of nitrogens with two attached hydrogens (primary N) is 1. The summed E-state index contributed by atoms with van der Waals surface area (Å²) in [5, 5.41) is 3.43. The lowest BCUT2D eigenvalue weighted by molar-refractivity contribution is -0.104. The molecule has 88 valence electrons. The Bertz CT molecular complexity index is 306. The molecule has 2 heterocycles. The van der Waals surface area contributed by atoms with Crippen molar-refractivity contribution in [3.05, 3.63) is 30.1 Å². The lowest BCUT2D eigenvalue weighted by atomic mass is 9.86. The molecule has 0 bridgehead atoms. The molecule has 0 atom stereocenters. The van der Waals surface area contributed by atoms with E-state index in [2.05, 4.69) is 10.3 Å². The maximum absolute atomic E-state index is 5.73. The van der Waals surface area contributed by atoms with E-state index in [9.17, 15) is 0 Å². The molecule has 1 aliphatic heterocycles. The Hall–Kier alpha value is -0.970. The van der Waals surface area contributed by atoms with E-state index in [1.54, 1.807) is 0 Å². The maximum atomic E-state index is 5.73. The normalized spacial score (nSPS) is 18.1. The van der Waals surface area contributed by atoms with Crippen LogP contribution in [0.25, 0.3) is 0 Å². The topological polar surface area (TPSA) is 60.2 Å².